The molecule has 0 bridgehead atoms. The molecular weight excluding hydrogens is 371 g/mol. The van der Waals surface area contributed by atoms with E-state index >= 15 is 0 Å². The monoisotopic (exact) mass is 379 g/mol. The van der Waals surface area contributed by atoms with Crippen molar-refractivity contribution in [3.63, 3.8) is 0 Å². The minimum absolute atomic E-state index is 0. The standard InChI is InChI=1S/C9H9Br2F2NO.ClH/c10-5-1-4(2-6(11)9(5)15)7(14)3-8(12)13;/h1-2,7-8,15H,3,14H2;1H/t7-;/m1./s1. The third kappa shape index (κ3) is 4.16. The number of halogens is 5. The zero-order valence-corrected chi connectivity index (χ0v) is 11.9. The van der Waals surface area contributed by atoms with E-state index in [1.54, 1.807) is 0 Å². The van der Waals surface area contributed by atoms with Crippen LogP contribution in [0.4, 0.5) is 8.78 Å². The Hall–Kier alpha value is 0.0900. The zero-order chi connectivity index (χ0) is 11.6. The van der Waals surface area contributed by atoms with Crippen LogP contribution in [0.25, 0.3) is 0 Å². The predicted octanol–water partition coefficient (Wildman–Crippen LogP) is 3.99. The second kappa shape index (κ2) is 6.74. The van der Waals surface area contributed by atoms with Crippen LogP contribution >= 0.6 is 44.3 Å². The van der Waals surface area contributed by atoms with Crippen LogP contribution in [0.5, 0.6) is 5.75 Å². The summed E-state index contributed by atoms with van der Waals surface area (Å²) in [6.07, 6.45) is -2.84. The van der Waals surface area contributed by atoms with E-state index in [9.17, 15) is 13.9 Å². The summed E-state index contributed by atoms with van der Waals surface area (Å²) in [5, 5.41) is 9.41. The molecule has 0 fully saturated rings. The van der Waals surface area contributed by atoms with E-state index in [0.29, 0.717) is 14.5 Å². The minimum atomic E-state index is -2.44. The van der Waals surface area contributed by atoms with E-state index in [1.165, 1.54) is 12.1 Å². The van der Waals surface area contributed by atoms with Gasteiger partial charge in [0.2, 0.25) is 6.43 Å². The first-order valence-electron chi connectivity index (χ1n) is 4.13. The molecule has 1 aromatic carbocycles. The number of phenolic OH excluding ortho intramolecular Hbond substituents is 1. The highest BCUT2D eigenvalue weighted by Gasteiger charge is 2.15. The van der Waals surface area contributed by atoms with Gasteiger partial charge in [-0.2, -0.15) is 0 Å². The van der Waals surface area contributed by atoms with Crippen LogP contribution in [0.2, 0.25) is 0 Å². The third-order valence-electron chi connectivity index (χ3n) is 1.90. The van der Waals surface area contributed by atoms with Crippen molar-refractivity contribution in [1.82, 2.24) is 0 Å². The summed E-state index contributed by atoms with van der Waals surface area (Å²) in [5.74, 6) is 0.0306. The Labute approximate surface area is 115 Å². The summed E-state index contributed by atoms with van der Waals surface area (Å²) < 4.78 is 25.1. The Morgan fingerprint density at radius 2 is 1.69 bits per heavy atom. The van der Waals surface area contributed by atoms with Crippen LogP contribution in [-0.2, 0) is 0 Å². The van der Waals surface area contributed by atoms with Crippen LogP contribution < -0.4 is 5.73 Å². The van der Waals surface area contributed by atoms with Crippen molar-refractivity contribution in [3.05, 3.63) is 26.6 Å². The van der Waals surface area contributed by atoms with Gasteiger partial charge in [0.05, 0.1) is 8.95 Å². The van der Waals surface area contributed by atoms with Gasteiger partial charge >= 0.3 is 0 Å². The maximum Gasteiger partial charge on any atom is 0.240 e. The van der Waals surface area contributed by atoms with E-state index in [2.05, 4.69) is 31.9 Å². The van der Waals surface area contributed by atoms with Crippen molar-refractivity contribution in [2.45, 2.75) is 18.9 Å². The molecule has 0 radical (unpaired) electrons. The maximum atomic E-state index is 12.1. The molecule has 7 heteroatoms. The first kappa shape index (κ1) is 16.1. The highest BCUT2D eigenvalue weighted by atomic mass is 79.9. The summed E-state index contributed by atoms with van der Waals surface area (Å²) in [4.78, 5) is 0. The normalized spacial score (nSPS) is 12.4. The Kier molecular flexibility index (Phi) is 6.77. The van der Waals surface area contributed by atoms with Crippen LogP contribution in [0.1, 0.15) is 18.0 Å². The number of hydrogen-bond donors (Lipinski definition) is 2. The highest BCUT2D eigenvalue weighted by Crippen LogP contribution is 2.35. The molecule has 0 spiro atoms. The molecule has 2 nitrogen and oxygen atoms in total. The summed E-state index contributed by atoms with van der Waals surface area (Å²) in [7, 11) is 0. The third-order valence-corrected chi connectivity index (χ3v) is 3.11. The molecule has 1 atom stereocenters. The van der Waals surface area contributed by atoms with Crippen molar-refractivity contribution in [3.8, 4) is 5.75 Å². The number of phenols is 1. The smallest absolute Gasteiger partial charge is 0.240 e. The number of aromatic hydroxyl groups is 1. The molecule has 0 aromatic heterocycles. The highest BCUT2D eigenvalue weighted by molar-refractivity contribution is 9.11. The molecule has 92 valence electrons. The predicted molar refractivity (Wildman–Crippen MR) is 68.3 cm³/mol. The largest absolute Gasteiger partial charge is 0.506 e. The molecule has 0 saturated carbocycles. The van der Waals surface area contributed by atoms with Crippen LogP contribution in [0, 0.1) is 0 Å². The lowest BCUT2D eigenvalue weighted by Gasteiger charge is -2.13. The Bertz CT molecular complexity index is 342. The van der Waals surface area contributed by atoms with Gasteiger partial charge in [0.1, 0.15) is 5.75 Å². The number of benzene rings is 1. The van der Waals surface area contributed by atoms with Crippen molar-refractivity contribution in [2.75, 3.05) is 0 Å². The summed E-state index contributed by atoms with van der Waals surface area (Å²) in [5.41, 5.74) is 6.13. The van der Waals surface area contributed by atoms with Gasteiger partial charge in [-0.1, -0.05) is 0 Å². The number of alkyl halides is 2. The molecule has 16 heavy (non-hydrogen) atoms. The topological polar surface area (TPSA) is 46.2 Å². The molecule has 0 aliphatic rings. The van der Waals surface area contributed by atoms with E-state index < -0.39 is 18.9 Å². The lowest BCUT2D eigenvalue weighted by Crippen LogP contribution is -2.14. The number of rotatable bonds is 3. The van der Waals surface area contributed by atoms with Crippen molar-refractivity contribution in [2.24, 2.45) is 5.73 Å². The van der Waals surface area contributed by atoms with E-state index in [-0.39, 0.29) is 18.2 Å². The van der Waals surface area contributed by atoms with Gasteiger partial charge in [-0.3, -0.25) is 0 Å². The van der Waals surface area contributed by atoms with Gasteiger partial charge < -0.3 is 10.8 Å². The van der Waals surface area contributed by atoms with Crippen LogP contribution in [0.15, 0.2) is 21.1 Å². The molecule has 0 heterocycles. The second-order valence-electron chi connectivity index (χ2n) is 3.07. The molecule has 1 aromatic rings. The Balaban J connectivity index is 0.00000225. The fourth-order valence-electron chi connectivity index (χ4n) is 1.13. The van der Waals surface area contributed by atoms with Gasteiger partial charge in [0, 0.05) is 12.5 Å². The van der Waals surface area contributed by atoms with Gasteiger partial charge in [-0.15, -0.1) is 12.4 Å². The lowest BCUT2D eigenvalue weighted by atomic mass is 10.1. The average Bonchev–Trinajstić information content (AvgIpc) is 2.12. The van der Waals surface area contributed by atoms with Gasteiger partial charge in [0.15, 0.2) is 0 Å². The minimum Gasteiger partial charge on any atom is -0.506 e. The Morgan fingerprint density at radius 3 is 2.06 bits per heavy atom. The molecule has 0 unspecified atom stereocenters. The number of hydrogen-bond acceptors (Lipinski definition) is 2. The molecule has 0 amide bonds. The van der Waals surface area contributed by atoms with Crippen molar-refractivity contribution < 1.29 is 13.9 Å². The molecular formula is C9H10Br2ClF2NO. The number of nitrogens with two attached hydrogens (primary N) is 1. The average molecular weight is 381 g/mol. The van der Waals surface area contributed by atoms with E-state index in [4.69, 9.17) is 5.73 Å². The molecule has 0 aliphatic heterocycles. The Morgan fingerprint density at radius 1 is 1.25 bits per heavy atom. The van der Waals surface area contributed by atoms with Crippen molar-refractivity contribution >= 4 is 44.3 Å². The van der Waals surface area contributed by atoms with Crippen molar-refractivity contribution in [1.29, 1.82) is 0 Å². The fourth-order valence-corrected chi connectivity index (χ4v) is 2.35. The second-order valence-corrected chi connectivity index (χ2v) is 4.78. The van der Waals surface area contributed by atoms with Gasteiger partial charge in [-0.25, -0.2) is 8.78 Å². The summed E-state index contributed by atoms with van der Waals surface area (Å²) in [6, 6.07) is 2.33. The van der Waals surface area contributed by atoms with Gasteiger partial charge in [-0.05, 0) is 49.6 Å². The quantitative estimate of drug-likeness (QED) is 0.832. The SMILES string of the molecule is Cl.N[C@H](CC(F)F)c1cc(Br)c(O)c(Br)c1. The molecule has 0 saturated heterocycles. The van der Waals surface area contributed by atoms with E-state index in [0.717, 1.165) is 0 Å². The maximum absolute atomic E-state index is 12.1. The van der Waals surface area contributed by atoms with Gasteiger partial charge in [0.25, 0.3) is 0 Å². The fraction of sp³-hybridized carbons (Fsp3) is 0.333. The van der Waals surface area contributed by atoms with Crippen LogP contribution in [0.3, 0.4) is 0 Å². The first-order valence-corrected chi connectivity index (χ1v) is 5.72. The first-order chi connectivity index (χ1) is 6.91. The summed E-state index contributed by atoms with van der Waals surface area (Å²) >= 11 is 6.22. The lowest BCUT2D eigenvalue weighted by molar-refractivity contribution is 0.128. The molecule has 0 aliphatic carbocycles. The summed E-state index contributed by atoms with van der Waals surface area (Å²) in [6.45, 7) is 0. The molecule has 1 rings (SSSR count). The van der Waals surface area contributed by atoms with Crippen LogP contribution in [-0.4, -0.2) is 11.5 Å². The zero-order valence-electron chi connectivity index (χ0n) is 7.96. The molecule has 3 N–H and O–H groups in total. The van der Waals surface area contributed by atoms with E-state index in [1.807, 2.05) is 0 Å².